The number of benzene rings is 1. The van der Waals surface area contributed by atoms with Crippen LogP contribution in [-0.4, -0.2) is 33.4 Å². The van der Waals surface area contributed by atoms with Crippen molar-refractivity contribution in [3.63, 3.8) is 0 Å². The van der Waals surface area contributed by atoms with E-state index in [1.54, 1.807) is 0 Å². The normalized spacial score (nSPS) is 30.6. The highest BCUT2D eigenvalue weighted by atomic mass is 32.2. The molecule has 1 saturated heterocycles. The van der Waals surface area contributed by atoms with Crippen LogP contribution >= 0.6 is 0 Å². The van der Waals surface area contributed by atoms with Gasteiger partial charge in [0.05, 0.1) is 16.7 Å². The fraction of sp³-hybridized carbons (Fsp3) is 0.600. The first-order valence-corrected chi connectivity index (χ1v) is 8.98. The minimum atomic E-state index is -3.34. The molecule has 4 nitrogen and oxygen atoms in total. The van der Waals surface area contributed by atoms with E-state index in [1.165, 1.54) is 18.2 Å². The molecule has 3 rings (SSSR count). The lowest BCUT2D eigenvalue weighted by molar-refractivity contribution is -0.0923. The lowest BCUT2D eigenvalue weighted by Crippen LogP contribution is -2.63. The maximum atomic E-state index is 14.0. The summed E-state index contributed by atoms with van der Waals surface area (Å²) in [6, 6.07) is 3.97. The van der Waals surface area contributed by atoms with Crippen LogP contribution in [0.2, 0.25) is 0 Å². The molecule has 6 heteroatoms. The van der Waals surface area contributed by atoms with Crippen molar-refractivity contribution in [3.8, 4) is 0 Å². The fourth-order valence-electron chi connectivity index (χ4n) is 3.63. The molecule has 2 aliphatic rings. The van der Waals surface area contributed by atoms with Crippen LogP contribution in [0.4, 0.5) is 10.1 Å². The van der Waals surface area contributed by atoms with Crippen molar-refractivity contribution in [3.05, 3.63) is 24.0 Å². The summed E-state index contributed by atoms with van der Waals surface area (Å²) >= 11 is 0. The molecule has 116 valence electrons. The molecule has 3 unspecified atom stereocenters. The Morgan fingerprint density at radius 3 is 2.76 bits per heavy atom. The van der Waals surface area contributed by atoms with Crippen molar-refractivity contribution in [2.75, 3.05) is 18.2 Å². The van der Waals surface area contributed by atoms with E-state index in [9.17, 15) is 12.8 Å². The molecule has 0 bridgehead atoms. The van der Waals surface area contributed by atoms with Gasteiger partial charge in [-0.15, -0.1) is 0 Å². The predicted octanol–water partition coefficient (Wildman–Crippen LogP) is 2.45. The highest BCUT2D eigenvalue weighted by Crippen LogP contribution is 2.53. The zero-order chi connectivity index (χ0) is 15.4. The number of rotatable bonds is 3. The quantitative estimate of drug-likeness (QED) is 0.871. The van der Waals surface area contributed by atoms with Gasteiger partial charge in [-0.1, -0.05) is 13.8 Å². The predicted molar refractivity (Wildman–Crippen MR) is 78.5 cm³/mol. The largest absolute Gasteiger partial charge is 0.379 e. The van der Waals surface area contributed by atoms with Gasteiger partial charge in [0.25, 0.3) is 0 Å². The molecular weight excluding hydrogens is 293 g/mol. The van der Waals surface area contributed by atoms with Crippen LogP contribution in [0.1, 0.15) is 20.3 Å². The average Bonchev–Trinajstić information content (AvgIpc) is 2.83. The Kier molecular flexibility index (Phi) is 3.29. The third-order valence-corrected chi connectivity index (χ3v) is 5.89. The maximum Gasteiger partial charge on any atom is 0.175 e. The van der Waals surface area contributed by atoms with Crippen LogP contribution < -0.4 is 5.32 Å². The Labute approximate surface area is 124 Å². The van der Waals surface area contributed by atoms with Gasteiger partial charge in [-0.05, 0) is 24.6 Å². The van der Waals surface area contributed by atoms with Gasteiger partial charge in [0.15, 0.2) is 9.84 Å². The van der Waals surface area contributed by atoms with Gasteiger partial charge in [-0.25, -0.2) is 12.8 Å². The van der Waals surface area contributed by atoms with Crippen molar-refractivity contribution in [1.29, 1.82) is 0 Å². The standard InChI is InChI=1S/C15H20FNO3S/c1-15(2)13(10-6-7-20-14(10)15)17-12-8-9(21(3,18)19)4-5-11(12)16/h4-5,8,10,13-14,17H,6-7H2,1-3H3. The summed E-state index contributed by atoms with van der Waals surface area (Å²) in [7, 11) is -3.34. The van der Waals surface area contributed by atoms with Crippen LogP contribution in [0.25, 0.3) is 0 Å². The molecule has 0 aromatic heterocycles. The minimum absolute atomic E-state index is 0.0886. The highest BCUT2D eigenvalue weighted by Gasteiger charge is 2.59. The van der Waals surface area contributed by atoms with Crippen molar-refractivity contribution in [1.82, 2.24) is 0 Å². The third-order valence-electron chi connectivity index (χ3n) is 4.78. The first-order valence-electron chi connectivity index (χ1n) is 7.09. The number of fused-ring (bicyclic) bond motifs is 1. The van der Waals surface area contributed by atoms with E-state index < -0.39 is 15.7 Å². The zero-order valence-corrected chi connectivity index (χ0v) is 13.2. The van der Waals surface area contributed by atoms with E-state index in [1.807, 2.05) is 0 Å². The van der Waals surface area contributed by atoms with Gasteiger partial charge in [0.2, 0.25) is 0 Å². The second-order valence-electron chi connectivity index (χ2n) is 6.60. The molecular formula is C15H20FNO3S. The Hall–Kier alpha value is -1.14. The molecule has 0 amide bonds. The number of ether oxygens (including phenoxy) is 1. The molecule has 0 spiro atoms. The number of halogens is 1. The first-order chi connectivity index (χ1) is 9.71. The summed E-state index contributed by atoms with van der Waals surface area (Å²) in [6.45, 7) is 4.92. The van der Waals surface area contributed by atoms with Crippen molar-refractivity contribution in [2.24, 2.45) is 11.3 Å². The van der Waals surface area contributed by atoms with Crippen LogP contribution in [0.3, 0.4) is 0 Å². The molecule has 21 heavy (non-hydrogen) atoms. The van der Waals surface area contributed by atoms with Gasteiger partial charge in [0, 0.05) is 30.2 Å². The van der Waals surface area contributed by atoms with Gasteiger partial charge in [-0.3, -0.25) is 0 Å². The second-order valence-corrected chi connectivity index (χ2v) is 8.62. The van der Waals surface area contributed by atoms with E-state index in [-0.39, 0.29) is 28.1 Å². The summed E-state index contributed by atoms with van der Waals surface area (Å²) in [5, 5.41) is 3.20. The summed E-state index contributed by atoms with van der Waals surface area (Å²) < 4.78 is 42.9. The first kappa shape index (κ1) is 14.8. The van der Waals surface area contributed by atoms with Crippen LogP contribution in [-0.2, 0) is 14.6 Å². The van der Waals surface area contributed by atoms with Crippen LogP contribution in [0, 0.1) is 17.2 Å². The van der Waals surface area contributed by atoms with E-state index >= 15 is 0 Å². The fourth-order valence-corrected chi connectivity index (χ4v) is 4.28. The molecule has 1 aromatic rings. The molecule has 1 N–H and O–H groups in total. The molecule has 3 atom stereocenters. The molecule has 0 radical (unpaired) electrons. The third kappa shape index (κ3) is 2.34. The van der Waals surface area contributed by atoms with Crippen molar-refractivity contribution in [2.45, 2.75) is 37.3 Å². The second kappa shape index (κ2) is 4.68. The van der Waals surface area contributed by atoms with Gasteiger partial charge in [-0.2, -0.15) is 0 Å². The number of sulfone groups is 1. The molecule has 1 aliphatic carbocycles. The lowest BCUT2D eigenvalue weighted by atomic mass is 9.57. The Balaban J connectivity index is 1.88. The molecule has 2 fully saturated rings. The number of anilines is 1. The van der Waals surface area contributed by atoms with Gasteiger partial charge < -0.3 is 10.1 Å². The Bertz CT molecular complexity index is 671. The Morgan fingerprint density at radius 1 is 1.38 bits per heavy atom. The van der Waals surface area contributed by atoms with E-state index in [4.69, 9.17) is 4.74 Å². The van der Waals surface area contributed by atoms with Crippen molar-refractivity contribution >= 4 is 15.5 Å². The number of nitrogens with one attached hydrogen (secondary N) is 1. The van der Waals surface area contributed by atoms with E-state index in [0.717, 1.165) is 19.3 Å². The van der Waals surface area contributed by atoms with E-state index in [0.29, 0.717) is 5.92 Å². The van der Waals surface area contributed by atoms with Gasteiger partial charge >= 0.3 is 0 Å². The maximum absolute atomic E-state index is 14.0. The smallest absolute Gasteiger partial charge is 0.175 e. The average molecular weight is 313 g/mol. The summed E-state index contributed by atoms with van der Waals surface area (Å²) in [6.07, 6.45) is 2.29. The van der Waals surface area contributed by atoms with E-state index in [2.05, 4.69) is 19.2 Å². The zero-order valence-electron chi connectivity index (χ0n) is 12.4. The van der Waals surface area contributed by atoms with Crippen LogP contribution in [0.5, 0.6) is 0 Å². The minimum Gasteiger partial charge on any atom is -0.379 e. The molecule has 1 aliphatic heterocycles. The number of hydrogen-bond acceptors (Lipinski definition) is 4. The Morgan fingerprint density at radius 2 is 2.10 bits per heavy atom. The number of hydrogen-bond donors (Lipinski definition) is 1. The molecule has 1 saturated carbocycles. The van der Waals surface area contributed by atoms with Crippen molar-refractivity contribution < 1.29 is 17.5 Å². The molecule has 1 aromatic carbocycles. The SMILES string of the molecule is CC1(C)C(Nc2cc(S(C)(=O)=O)ccc2F)C2CCOC21. The summed E-state index contributed by atoms with van der Waals surface area (Å²) in [5.74, 6) is -0.0677. The van der Waals surface area contributed by atoms with Gasteiger partial charge in [0.1, 0.15) is 5.82 Å². The van der Waals surface area contributed by atoms with Crippen LogP contribution in [0.15, 0.2) is 23.1 Å². The summed E-state index contributed by atoms with van der Waals surface area (Å²) in [4.78, 5) is 0.128. The topological polar surface area (TPSA) is 55.4 Å². The monoisotopic (exact) mass is 313 g/mol. The highest BCUT2D eigenvalue weighted by molar-refractivity contribution is 7.90. The molecule has 1 heterocycles. The summed E-state index contributed by atoms with van der Waals surface area (Å²) in [5.41, 5.74) is 0.163. The lowest BCUT2D eigenvalue weighted by Gasteiger charge is -2.55.